The summed E-state index contributed by atoms with van der Waals surface area (Å²) in [6.07, 6.45) is 5.40. The Balaban J connectivity index is 1.79. The van der Waals surface area contributed by atoms with E-state index in [1.54, 1.807) is 23.1 Å². The molecule has 4 rings (SSSR count). The number of anilines is 1. The van der Waals surface area contributed by atoms with Crippen molar-refractivity contribution in [1.29, 1.82) is 0 Å². The predicted octanol–water partition coefficient (Wildman–Crippen LogP) is 1.84. The van der Waals surface area contributed by atoms with E-state index in [1.165, 1.54) is 10.5 Å². The first-order valence-electron chi connectivity index (χ1n) is 7.95. The third kappa shape index (κ3) is 2.20. The van der Waals surface area contributed by atoms with Gasteiger partial charge in [-0.15, -0.1) is 0 Å². The summed E-state index contributed by atoms with van der Waals surface area (Å²) < 4.78 is 35.4. The van der Waals surface area contributed by atoms with Crippen LogP contribution in [0.3, 0.4) is 0 Å². The fourth-order valence-corrected chi connectivity index (χ4v) is 5.17. The Kier molecular flexibility index (Phi) is 3.19. The van der Waals surface area contributed by atoms with Crippen LogP contribution in [0.15, 0.2) is 29.6 Å². The minimum Gasteiger partial charge on any atom is -0.476 e. The summed E-state index contributed by atoms with van der Waals surface area (Å²) in [5, 5.41) is 4.24. The molecule has 7 nitrogen and oxygen atoms in total. The predicted molar refractivity (Wildman–Crippen MR) is 88.6 cm³/mol. The molecular weight excluding hydrogens is 328 g/mol. The quantitative estimate of drug-likeness (QED) is 0.827. The minimum absolute atomic E-state index is 0.0702. The number of fused-ring (bicyclic) bond motifs is 2. The largest absolute Gasteiger partial charge is 0.476 e. The van der Waals surface area contributed by atoms with Gasteiger partial charge in [0, 0.05) is 23.9 Å². The van der Waals surface area contributed by atoms with Gasteiger partial charge in [0.1, 0.15) is 0 Å². The maximum atomic E-state index is 13.3. The number of pyridine rings is 1. The van der Waals surface area contributed by atoms with Crippen LogP contribution in [-0.4, -0.2) is 35.8 Å². The standard InChI is InChI=1S/C16H20N4O3S/c1-11-6-12-7-17-5-4-13(12)20(11)24(21,22)14-8-18-19-9-16(2,3)10-23-15(14)19/h4-5,7-8,11H,6,9-10H2,1-3H3. The van der Waals surface area contributed by atoms with Crippen LogP contribution in [0.25, 0.3) is 0 Å². The van der Waals surface area contributed by atoms with Crippen LogP contribution in [0.2, 0.25) is 0 Å². The van der Waals surface area contributed by atoms with Gasteiger partial charge in [-0.2, -0.15) is 5.10 Å². The van der Waals surface area contributed by atoms with Crippen molar-refractivity contribution in [2.45, 2.75) is 44.7 Å². The van der Waals surface area contributed by atoms with E-state index in [1.807, 2.05) is 6.92 Å². The third-order valence-corrected chi connectivity index (χ3v) is 6.42. The first kappa shape index (κ1) is 15.4. The van der Waals surface area contributed by atoms with Crippen LogP contribution in [0.1, 0.15) is 26.3 Å². The van der Waals surface area contributed by atoms with Crippen LogP contribution < -0.4 is 9.04 Å². The van der Waals surface area contributed by atoms with Crippen molar-refractivity contribution in [3.63, 3.8) is 0 Å². The summed E-state index contributed by atoms with van der Waals surface area (Å²) >= 11 is 0. The molecule has 128 valence electrons. The Morgan fingerprint density at radius 3 is 2.92 bits per heavy atom. The third-order valence-electron chi connectivity index (χ3n) is 4.50. The van der Waals surface area contributed by atoms with E-state index < -0.39 is 10.0 Å². The Hall–Kier alpha value is -2.09. The van der Waals surface area contributed by atoms with Gasteiger partial charge >= 0.3 is 0 Å². The van der Waals surface area contributed by atoms with Crippen LogP contribution in [0.5, 0.6) is 5.88 Å². The van der Waals surface area contributed by atoms with E-state index >= 15 is 0 Å². The van der Waals surface area contributed by atoms with Gasteiger partial charge in [0.05, 0.1) is 25.0 Å². The molecule has 0 aromatic carbocycles. The molecule has 4 heterocycles. The lowest BCUT2D eigenvalue weighted by atomic mass is 9.94. The molecule has 0 saturated heterocycles. The molecule has 0 N–H and O–H groups in total. The second-order valence-corrected chi connectivity index (χ2v) is 9.07. The second kappa shape index (κ2) is 4.95. The highest BCUT2D eigenvalue weighted by molar-refractivity contribution is 7.93. The van der Waals surface area contributed by atoms with Crippen LogP contribution in [0, 0.1) is 5.41 Å². The van der Waals surface area contributed by atoms with Crippen molar-refractivity contribution < 1.29 is 13.2 Å². The van der Waals surface area contributed by atoms with E-state index in [0.29, 0.717) is 31.1 Å². The first-order chi connectivity index (χ1) is 11.3. The summed E-state index contributed by atoms with van der Waals surface area (Å²) in [4.78, 5) is 4.23. The molecule has 2 aromatic heterocycles. The van der Waals surface area contributed by atoms with E-state index in [2.05, 4.69) is 23.9 Å². The Bertz CT molecular complexity index is 904. The highest BCUT2D eigenvalue weighted by Gasteiger charge is 2.41. The number of hydrogen-bond donors (Lipinski definition) is 0. The monoisotopic (exact) mass is 348 g/mol. The highest BCUT2D eigenvalue weighted by atomic mass is 32.2. The van der Waals surface area contributed by atoms with Gasteiger partial charge in [0.15, 0.2) is 4.90 Å². The lowest BCUT2D eigenvalue weighted by Crippen LogP contribution is -2.37. The van der Waals surface area contributed by atoms with Gasteiger partial charge < -0.3 is 4.74 Å². The summed E-state index contributed by atoms with van der Waals surface area (Å²) in [6.45, 7) is 7.14. The zero-order chi connectivity index (χ0) is 17.1. The number of hydrogen-bond acceptors (Lipinski definition) is 5. The van der Waals surface area contributed by atoms with Crippen molar-refractivity contribution >= 4 is 15.7 Å². The molecule has 24 heavy (non-hydrogen) atoms. The molecule has 0 spiro atoms. The highest BCUT2D eigenvalue weighted by Crippen LogP contribution is 2.40. The zero-order valence-electron chi connectivity index (χ0n) is 13.9. The number of aromatic nitrogens is 3. The Morgan fingerprint density at radius 2 is 2.12 bits per heavy atom. The van der Waals surface area contributed by atoms with E-state index in [9.17, 15) is 8.42 Å². The second-order valence-electron chi connectivity index (χ2n) is 7.28. The fraction of sp³-hybridized carbons (Fsp3) is 0.500. The summed E-state index contributed by atoms with van der Waals surface area (Å²) in [5.74, 6) is 0.337. The number of sulfonamides is 1. The number of nitrogens with zero attached hydrogens (tertiary/aromatic N) is 4. The Labute approximate surface area is 141 Å². The molecule has 0 amide bonds. The van der Waals surface area contributed by atoms with Crippen molar-refractivity contribution in [1.82, 2.24) is 14.8 Å². The number of ether oxygens (including phenoxy) is 1. The van der Waals surface area contributed by atoms with Crippen LogP contribution in [0.4, 0.5) is 5.69 Å². The molecule has 0 aliphatic carbocycles. The lowest BCUT2D eigenvalue weighted by Gasteiger charge is -2.31. The van der Waals surface area contributed by atoms with Crippen molar-refractivity contribution in [3.05, 3.63) is 30.2 Å². The smallest absolute Gasteiger partial charge is 0.271 e. The van der Waals surface area contributed by atoms with Crippen molar-refractivity contribution in [2.24, 2.45) is 5.41 Å². The molecule has 0 bridgehead atoms. The average Bonchev–Trinajstić information content (AvgIpc) is 3.05. The van der Waals surface area contributed by atoms with Gasteiger partial charge in [-0.05, 0) is 25.0 Å². The van der Waals surface area contributed by atoms with E-state index in [-0.39, 0.29) is 16.4 Å². The van der Waals surface area contributed by atoms with Gasteiger partial charge in [-0.3, -0.25) is 9.29 Å². The molecule has 8 heteroatoms. The van der Waals surface area contributed by atoms with Crippen LogP contribution in [-0.2, 0) is 23.0 Å². The molecule has 0 radical (unpaired) electrons. The summed E-state index contributed by atoms with van der Waals surface area (Å²) in [6, 6.07) is 1.58. The molecule has 0 saturated carbocycles. The normalized spacial score (nSPS) is 22.0. The van der Waals surface area contributed by atoms with E-state index in [4.69, 9.17) is 4.74 Å². The zero-order valence-corrected chi connectivity index (χ0v) is 14.7. The fourth-order valence-electron chi connectivity index (χ4n) is 3.41. The van der Waals surface area contributed by atoms with E-state index in [0.717, 1.165) is 5.56 Å². The molecule has 2 aliphatic rings. The first-order valence-corrected chi connectivity index (χ1v) is 9.39. The minimum atomic E-state index is -3.74. The molecule has 0 fully saturated rings. The van der Waals surface area contributed by atoms with Gasteiger partial charge in [-0.25, -0.2) is 13.1 Å². The van der Waals surface area contributed by atoms with Gasteiger partial charge in [-0.1, -0.05) is 13.8 Å². The average molecular weight is 348 g/mol. The number of rotatable bonds is 2. The van der Waals surface area contributed by atoms with Crippen molar-refractivity contribution in [3.8, 4) is 5.88 Å². The van der Waals surface area contributed by atoms with Crippen molar-refractivity contribution in [2.75, 3.05) is 10.9 Å². The lowest BCUT2D eigenvalue weighted by molar-refractivity contribution is 0.0971. The summed E-state index contributed by atoms with van der Waals surface area (Å²) in [7, 11) is -3.74. The topological polar surface area (TPSA) is 77.3 Å². The van der Waals surface area contributed by atoms with Crippen LogP contribution >= 0.6 is 0 Å². The molecule has 1 atom stereocenters. The SMILES string of the molecule is CC1Cc2cnccc2N1S(=O)(=O)c1cnn2c1OCC(C)(C)C2. The Morgan fingerprint density at radius 1 is 1.33 bits per heavy atom. The van der Waals surface area contributed by atoms with Gasteiger partial charge in [0.2, 0.25) is 5.88 Å². The summed E-state index contributed by atoms with van der Waals surface area (Å²) in [5.41, 5.74) is 1.56. The van der Waals surface area contributed by atoms with Gasteiger partial charge in [0.25, 0.3) is 10.0 Å². The molecule has 2 aliphatic heterocycles. The maximum absolute atomic E-state index is 13.3. The molecular formula is C16H20N4O3S. The maximum Gasteiger partial charge on any atom is 0.271 e. The molecule has 1 unspecified atom stereocenters. The molecule has 2 aromatic rings.